The van der Waals surface area contributed by atoms with Crippen LogP contribution < -0.4 is 5.32 Å². The van der Waals surface area contributed by atoms with Crippen molar-refractivity contribution in [1.29, 1.82) is 0 Å². The number of urea groups is 1. The number of carbonyl (C=O) groups excluding carboxylic acids is 1. The Morgan fingerprint density at radius 3 is 2.42 bits per heavy atom. The van der Waals surface area contributed by atoms with Crippen LogP contribution in [0.15, 0.2) is 78.9 Å². The number of H-pyrrole nitrogens is 1. The molecule has 3 aromatic carbocycles. The summed E-state index contributed by atoms with van der Waals surface area (Å²) >= 11 is 0. The lowest BCUT2D eigenvalue weighted by atomic mass is 10.0. The van der Waals surface area contributed by atoms with Crippen molar-refractivity contribution in [2.75, 3.05) is 18.4 Å². The molecular formula is C31H32F3N6O3+. The molecule has 0 saturated carbocycles. The number of hydrogen-bond acceptors (Lipinski definition) is 4. The van der Waals surface area contributed by atoms with Gasteiger partial charge in [0.1, 0.15) is 5.82 Å². The van der Waals surface area contributed by atoms with Crippen molar-refractivity contribution >= 4 is 17.4 Å². The first kappa shape index (κ1) is 29.8. The van der Waals surface area contributed by atoms with Gasteiger partial charge in [-0.1, -0.05) is 42.5 Å². The molecule has 1 fully saturated rings. The van der Waals surface area contributed by atoms with E-state index in [1.165, 1.54) is 18.2 Å². The van der Waals surface area contributed by atoms with E-state index in [1.807, 2.05) is 37.3 Å². The monoisotopic (exact) mass is 593 g/mol. The zero-order valence-electron chi connectivity index (χ0n) is 23.5. The SMILES string of the molecule is Cc1[nH]c(-c2ccc(C(F)(F)F)cc2)nc1CN1CCC(N(Cc2cccc([N+](=O)O)c2)C(=O)Nc2ccccc2)CC1. The predicted octanol–water partition coefficient (Wildman–Crippen LogP) is 6.90. The molecule has 12 heteroatoms. The zero-order chi connectivity index (χ0) is 30.6. The van der Waals surface area contributed by atoms with Crippen LogP contribution in [0.4, 0.5) is 29.3 Å². The molecule has 224 valence electrons. The number of alkyl halides is 3. The number of carbonyl (C=O) groups is 1. The number of hydrogen-bond donors (Lipinski definition) is 3. The quantitative estimate of drug-likeness (QED) is 0.193. The van der Waals surface area contributed by atoms with Gasteiger partial charge in [0.2, 0.25) is 0 Å². The number of imidazole rings is 1. The highest BCUT2D eigenvalue weighted by Gasteiger charge is 2.31. The Kier molecular flexibility index (Phi) is 8.76. The van der Waals surface area contributed by atoms with E-state index < -0.39 is 11.7 Å². The van der Waals surface area contributed by atoms with E-state index in [0.717, 1.165) is 23.5 Å². The molecule has 43 heavy (non-hydrogen) atoms. The van der Waals surface area contributed by atoms with Gasteiger partial charge in [0, 0.05) is 61.3 Å². The average Bonchev–Trinajstić information content (AvgIpc) is 3.36. The molecule has 0 spiro atoms. The highest BCUT2D eigenvalue weighted by molar-refractivity contribution is 5.89. The number of nitrogens with one attached hydrogen (secondary N) is 2. The minimum atomic E-state index is -4.39. The summed E-state index contributed by atoms with van der Waals surface area (Å²) in [5, 5.41) is 12.3. The van der Waals surface area contributed by atoms with Gasteiger partial charge in [-0.15, -0.1) is 0 Å². The summed E-state index contributed by atoms with van der Waals surface area (Å²) in [6.07, 6.45) is -3.00. The van der Waals surface area contributed by atoms with Gasteiger partial charge < -0.3 is 15.2 Å². The molecule has 1 aromatic heterocycles. The molecule has 5 rings (SSSR count). The van der Waals surface area contributed by atoms with Crippen LogP contribution in [0.1, 0.15) is 35.4 Å². The molecule has 9 nitrogen and oxygen atoms in total. The van der Waals surface area contributed by atoms with Gasteiger partial charge in [-0.25, -0.2) is 15.0 Å². The summed E-state index contributed by atoms with van der Waals surface area (Å²) in [5.74, 6) is 0.515. The van der Waals surface area contributed by atoms with Gasteiger partial charge in [-0.2, -0.15) is 13.2 Å². The first-order chi connectivity index (χ1) is 20.6. The third-order valence-corrected chi connectivity index (χ3v) is 7.61. The Labute approximate surface area is 246 Å². The number of rotatable bonds is 8. The number of nitrogens with zero attached hydrogens (tertiary/aromatic N) is 4. The molecule has 2 amide bonds. The van der Waals surface area contributed by atoms with Crippen molar-refractivity contribution in [1.82, 2.24) is 19.8 Å². The van der Waals surface area contributed by atoms with E-state index >= 15 is 0 Å². The van der Waals surface area contributed by atoms with Crippen molar-refractivity contribution in [2.24, 2.45) is 0 Å². The molecule has 0 aliphatic carbocycles. The van der Waals surface area contributed by atoms with Crippen molar-refractivity contribution in [3.05, 3.63) is 106 Å². The van der Waals surface area contributed by atoms with E-state index in [0.29, 0.717) is 55.1 Å². The number of aromatic nitrogens is 2. The molecule has 1 aliphatic rings. The summed E-state index contributed by atoms with van der Waals surface area (Å²) in [6, 6.07) is 20.3. The van der Waals surface area contributed by atoms with Crippen LogP contribution in [0.25, 0.3) is 11.4 Å². The largest absolute Gasteiger partial charge is 0.416 e. The maximum absolute atomic E-state index is 13.5. The topological polar surface area (TPSA) is 105 Å². The summed E-state index contributed by atoms with van der Waals surface area (Å²) in [7, 11) is 0. The minimum absolute atomic E-state index is 0.0795. The molecule has 0 atom stereocenters. The summed E-state index contributed by atoms with van der Waals surface area (Å²) < 4.78 is 38.8. The second kappa shape index (κ2) is 12.7. The number of benzene rings is 3. The average molecular weight is 594 g/mol. The number of piperidine rings is 1. The standard InChI is InChI=1S/C31H31F3N6O3/c1-21-28(37-29(35-21)23-10-12-24(13-11-23)31(32,33)34)20-38-16-14-26(15-17-38)39(30(41)36-25-7-3-2-4-8-25)19-22-6-5-9-27(18-22)40(42)43/h2-13,18,26H,14-17,19-20H2,1H3,(H2-,35,36,37,41,42,43)/p+1. The lowest BCUT2D eigenvalue weighted by Gasteiger charge is -2.38. The van der Waals surface area contributed by atoms with E-state index in [2.05, 4.69) is 20.2 Å². The Bertz CT molecular complexity index is 1570. The minimum Gasteiger partial charge on any atom is -0.342 e. The van der Waals surface area contributed by atoms with Crippen LogP contribution in [0.2, 0.25) is 0 Å². The van der Waals surface area contributed by atoms with Crippen molar-refractivity contribution < 1.29 is 28.1 Å². The van der Waals surface area contributed by atoms with Crippen LogP contribution >= 0.6 is 0 Å². The Balaban J connectivity index is 1.26. The van der Waals surface area contributed by atoms with Crippen molar-refractivity contribution in [3.8, 4) is 11.4 Å². The van der Waals surface area contributed by atoms with Gasteiger partial charge in [-0.3, -0.25) is 4.90 Å². The molecule has 1 aliphatic heterocycles. The number of para-hydroxylation sites is 1. The highest BCUT2D eigenvalue weighted by atomic mass is 19.4. The lowest BCUT2D eigenvalue weighted by Crippen LogP contribution is -2.48. The molecule has 0 radical (unpaired) electrons. The molecule has 4 aromatic rings. The third kappa shape index (κ3) is 7.39. The highest BCUT2D eigenvalue weighted by Crippen LogP contribution is 2.31. The van der Waals surface area contributed by atoms with Gasteiger partial charge in [0.15, 0.2) is 0 Å². The maximum atomic E-state index is 13.5. The predicted molar refractivity (Wildman–Crippen MR) is 155 cm³/mol. The van der Waals surface area contributed by atoms with Gasteiger partial charge >= 0.3 is 17.9 Å². The number of aryl methyl sites for hydroxylation is 1. The smallest absolute Gasteiger partial charge is 0.342 e. The lowest BCUT2D eigenvalue weighted by molar-refractivity contribution is -0.729. The summed E-state index contributed by atoms with van der Waals surface area (Å²) in [4.78, 5) is 36.6. The number of likely N-dealkylation sites (tertiary alicyclic amines) is 1. The summed E-state index contributed by atoms with van der Waals surface area (Å²) in [6.45, 7) is 4.10. The first-order valence-electron chi connectivity index (χ1n) is 13.9. The van der Waals surface area contributed by atoms with E-state index in [-0.39, 0.29) is 29.2 Å². The fourth-order valence-corrected chi connectivity index (χ4v) is 5.26. The third-order valence-electron chi connectivity index (χ3n) is 7.61. The van der Waals surface area contributed by atoms with Crippen LogP contribution in [-0.4, -0.2) is 55.1 Å². The Morgan fingerprint density at radius 2 is 1.77 bits per heavy atom. The maximum Gasteiger partial charge on any atom is 0.416 e. The molecular weight excluding hydrogens is 561 g/mol. The van der Waals surface area contributed by atoms with Gasteiger partial charge in [-0.05, 0) is 49.6 Å². The molecule has 0 bridgehead atoms. The molecule has 1 saturated heterocycles. The first-order valence-corrected chi connectivity index (χ1v) is 13.9. The number of halogens is 3. The Morgan fingerprint density at radius 1 is 1.07 bits per heavy atom. The Hall–Kier alpha value is -4.71. The van der Waals surface area contributed by atoms with Crippen molar-refractivity contribution in [3.63, 3.8) is 0 Å². The summed E-state index contributed by atoms with van der Waals surface area (Å²) in [5.41, 5.74) is 2.99. The molecule has 2 heterocycles. The second-order valence-corrected chi connectivity index (χ2v) is 10.6. The fourth-order valence-electron chi connectivity index (χ4n) is 5.26. The second-order valence-electron chi connectivity index (χ2n) is 10.6. The fraction of sp³-hybridized carbons (Fsp3) is 0.290. The van der Waals surface area contributed by atoms with Crippen LogP contribution in [0.3, 0.4) is 0 Å². The van der Waals surface area contributed by atoms with Gasteiger partial charge in [0.05, 0.1) is 16.2 Å². The molecule has 3 N–H and O–H groups in total. The van der Waals surface area contributed by atoms with Crippen LogP contribution in [0.5, 0.6) is 0 Å². The number of aromatic amines is 1. The normalized spacial score (nSPS) is 14.4. The van der Waals surface area contributed by atoms with E-state index in [9.17, 15) is 28.1 Å². The zero-order valence-corrected chi connectivity index (χ0v) is 23.5. The molecule has 0 unspecified atom stereocenters. The van der Waals surface area contributed by atoms with Crippen LogP contribution in [0, 0.1) is 11.8 Å². The van der Waals surface area contributed by atoms with E-state index in [1.54, 1.807) is 23.1 Å². The van der Waals surface area contributed by atoms with E-state index in [4.69, 9.17) is 0 Å². The van der Waals surface area contributed by atoms with Crippen molar-refractivity contribution in [2.45, 2.75) is 45.1 Å². The van der Waals surface area contributed by atoms with Gasteiger partial charge in [0.25, 0.3) is 4.92 Å². The number of anilines is 1. The number of amides is 2. The van der Waals surface area contributed by atoms with Crippen LogP contribution in [-0.2, 0) is 19.3 Å².